The second-order valence-corrected chi connectivity index (χ2v) is 8.98. The molecule has 0 amide bonds. The topological polar surface area (TPSA) is 85.1 Å². The third kappa shape index (κ3) is 3.10. The van der Waals surface area contributed by atoms with E-state index in [0.717, 1.165) is 12.1 Å². The van der Waals surface area contributed by atoms with E-state index in [1.165, 1.54) is 18.2 Å². The summed E-state index contributed by atoms with van der Waals surface area (Å²) in [5, 5.41) is 3.68. The molecule has 4 rings (SSSR count). The lowest BCUT2D eigenvalue weighted by Gasteiger charge is -2.07. The van der Waals surface area contributed by atoms with Crippen molar-refractivity contribution in [3.63, 3.8) is 0 Å². The third-order valence-corrected chi connectivity index (χ3v) is 6.51. The SMILES string of the molecule is CC1(C)[C@H](NS(=O)(=O)c2ccccc2)[C@@H]1c1nc(-c2c(F)cccc2F)no1. The Balaban J connectivity index is 1.60. The van der Waals surface area contributed by atoms with Crippen LogP contribution in [0.25, 0.3) is 11.4 Å². The van der Waals surface area contributed by atoms with Crippen molar-refractivity contribution >= 4 is 10.0 Å². The Kier molecular flexibility index (Phi) is 4.31. The van der Waals surface area contributed by atoms with E-state index in [-0.39, 0.29) is 22.2 Å². The molecule has 1 aromatic heterocycles. The standard InChI is InChI=1S/C19H17F2N3O3S/c1-19(2)15(16(19)24-28(25,26)11-7-4-3-5-8-11)18-22-17(23-27-18)14-12(20)9-6-10-13(14)21/h3-10,15-16,24H,1-2H3/t15-,16-/m1/s1. The zero-order valence-electron chi connectivity index (χ0n) is 15.1. The van der Waals surface area contributed by atoms with Crippen LogP contribution in [-0.2, 0) is 10.0 Å². The molecular formula is C19H17F2N3O3S. The number of nitrogens with zero attached hydrogens (tertiary/aromatic N) is 2. The molecule has 1 saturated carbocycles. The zero-order valence-corrected chi connectivity index (χ0v) is 15.9. The molecule has 28 heavy (non-hydrogen) atoms. The molecule has 2 aromatic carbocycles. The monoisotopic (exact) mass is 405 g/mol. The van der Waals surface area contributed by atoms with E-state index in [1.54, 1.807) is 18.2 Å². The molecule has 1 fully saturated rings. The molecule has 1 heterocycles. The molecule has 2 atom stereocenters. The Hall–Kier alpha value is -2.65. The first-order valence-electron chi connectivity index (χ1n) is 8.57. The molecule has 3 aromatic rings. The average Bonchev–Trinajstić information content (AvgIpc) is 2.96. The summed E-state index contributed by atoms with van der Waals surface area (Å²) in [6.07, 6.45) is 0. The van der Waals surface area contributed by atoms with Crippen LogP contribution in [-0.4, -0.2) is 24.6 Å². The highest BCUT2D eigenvalue weighted by Crippen LogP contribution is 2.58. The molecule has 0 bridgehead atoms. The first kappa shape index (κ1) is 18.7. The smallest absolute Gasteiger partial charge is 0.240 e. The van der Waals surface area contributed by atoms with Crippen LogP contribution in [0, 0.1) is 17.0 Å². The van der Waals surface area contributed by atoms with Crippen molar-refractivity contribution in [2.75, 3.05) is 0 Å². The fourth-order valence-electron chi connectivity index (χ4n) is 3.33. The Bertz CT molecular complexity index is 1110. The molecular weight excluding hydrogens is 388 g/mol. The van der Waals surface area contributed by atoms with E-state index in [4.69, 9.17) is 4.52 Å². The van der Waals surface area contributed by atoms with Gasteiger partial charge in [0, 0.05) is 6.04 Å². The van der Waals surface area contributed by atoms with Gasteiger partial charge in [0.15, 0.2) is 0 Å². The van der Waals surface area contributed by atoms with Crippen molar-refractivity contribution in [3.05, 3.63) is 66.1 Å². The largest absolute Gasteiger partial charge is 0.339 e. The summed E-state index contributed by atoms with van der Waals surface area (Å²) in [6.45, 7) is 3.70. The summed E-state index contributed by atoms with van der Waals surface area (Å²) < 4.78 is 60.9. The maximum atomic E-state index is 13.9. The molecule has 0 spiro atoms. The first-order chi connectivity index (χ1) is 13.2. The number of halogens is 2. The number of hydrogen-bond acceptors (Lipinski definition) is 5. The minimum absolute atomic E-state index is 0.128. The fourth-order valence-corrected chi connectivity index (χ4v) is 4.75. The lowest BCUT2D eigenvalue weighted by Crippen LogP contribution is -2.29. The van der Waals surface area contributed by atoms with Crippen LogP contribution >= 0.6 is 0 Å². The van der Waals surface area contributed by atoms with Crippen molar-refractivity contribution in [1.82, 2.24) is 14.9 Å². The highest BCUT2D eigenvalue weighted by molar-refractivity contribution is 7.89. The van der Waals surface area contributed by atoms with Crippen LogP contribution in [0.4, 0.5) is 8.78 Å². The Morgan fingerprint density at radius 3 is 2.32 bits per heavy atom. The van der Waals surface area contributed by atoms with Gasteiger partial charge in [0.05, 0.1) is 16.4 Å². The van der Waals surface area contributed by atoms with Gasteiger partial charge in [-0.05, 0) is 29.7 Å². The zero-order chi connectivity index (χ0) is 20.1. The van der Waals surface area contributed by atoms with E-state index in [1.807, 2.05) is 13.8 Å². The van der Waals surface area contributed by atoms with Gasteiger partial charge in [0.1, 0.15) is 11.6 Å². The van der Waals surface area contributed by atoms with Gasteiger partial charge in [0.2, 0.25) is 21.7 Å². The highest BCUT2D eigenvalue weighted by Gasteiger charge is 2.63. The molecule has 0 saturated heterocycles. The van der Waals surface area contributed by atoms with E-state index >= 15 is 0 Å². The number of nitrogens with one attached hydrogen (secondary N) is 1. The van der Waals surface area contributed by atoms with Gasteiger partial charge in [-0.15, -0.1) is 0 Å². The summed E-state index contributed by atoms with van der Waals surface area (Å²) in [6, 6.07) is 11.0. The normalized spacial score (nSPS) is 20.9. The van der Waals surface area contributed by atoms with Crippen LogP contribution < -0.4 is 4.72 Å². The quantitative estimate of drug-likeness (QED) is 0.702. The number of rotatable bonds is 5. The Morgan fingerprint density at radius 2 is 1.68 bits per heavy atom. The minimum atomic E-state index is -3.73. The van der Waals surface area contributed by atoms with Crippen molar-refractivity contribution in [2.45, 2.75) is 30.7 Å². The molecule has 1 aliphatic rings. The van der Waals surface area contributed by atoms with Crippen molar-refractivity contribution in [3.8, 4) is 11.4 Å². The maximum absolute atomic E-state index is 13.9. The average molecular weight is 405 g/mol. The Morgan fingerprint density at radius 1 is 1.04 bits per heavy atom. The maximum Gasteiger partial charge on any atom is 0.240 e. The van der Waals surface area contributed by atoms with Gasteiger partial charge in [-0.1, -0.05) is 43.3 Å². The van der Waals surface area contributed by atoms with Gasteiger partial charge in [-0.3, -0.25) is 0 Å². The summed E-state index contributed by atoms with van der Waals surface area (Å²) in [4.78, 5) is 4.27. The third-order valence-electron chi connectivity index (χ3n) is 5.06. The van der Waals surface area contributed by atoms with Crippen molar-refractivity contribution in [1.29, 1.82) is 0 Å². The first-order valence-corrected chi connectivity index (χ1v) is 10.1. The van der Waals surface area contributed by atoms with E-state index in [0.29, 0.717) is 0 Å². The minimum Gasteiger partial charge on any atom is -0.339 e. The van der Waals surface area contributed by atoms with Gasteiger partial charge in [-0.2, -0.15) is 4.98 Å². The van der Waals surface area contributed by atoms with Crippen molar-refractivity contribution in [2.24, 2.45) is 5.41 Å². The van der Waals surface area contributed by atoms with E-state index in [9.17, 15) is 17.2 Å². The van der Waals surface area contributed by atoms with E-state index in [2.05, 4.69) is 14.9 Å². The molecule has 0 aliphatic heterocycles. The predicted octanol–water partition coefficient (Wildman–Crippen LogP) is 3.49. The lowest BCUT2D eigenvalue weighted by molar-refractivity contribution is 0.367. The molecule has 0 radical (unpaired) electrons. The van der Waals surface area contributed by atoms with Crippen LogP contribution in [0.2, 0.25) is 0 Å². The summed E-state index contributed by atoms with van der Waals surface area (Å²) in [7, 11) is -3.73. The predicted molar refractivity (Wildman–Crippen MR) is 96.7 cm³/mol. The molecule has 146 valence electrons. The molecule has 1 aliphatic carbocycles. The molecule has 9 heteroatoms. The summed E-state index contributed by atoms with van der Waals surface area (Å²) in [5.74, 6) is -2.10. The van der Waals surface area contributed by atoms with Gasteiger partial charge >= 0.3 is 0 Å². The second-order valence-electron chi connectivity index (χ2n) is 7.26. The fraction of sp³-hybridized carbons (Fsp3) is 0.263. The number of benzene rings is 2. The van der Waals surface area contributed by atoms with Gasteiger partial charge < -0.3 is 4.52 Å². The highest BCUT2D eigenvalue weighted by atomic mass is 32.2. The van der Waals surface area contributed by atoms with Crippen molar-refractivity contribution < 1.29 is 21.7 Å². The van der Waals surface area contributed by atoms with Crippen LogP contribution in [0.15, 0.2) is 57.9 Å². The van der Waals surface area contributed by atoms with E-state index < -0.39 is 39.0 Å². The number of sulfonamides is 1. The van der Waals surface area contributed by atoms with Crippen LogP contribution in [0.5, 0.6) is 0 Å². The van der Waals surface area contributed by atoms with Gasteiger partial charge in [0.25, 0.3) is 0 Å². The molecule has 0 unspecified atom stereocenters. The number of aromatic nitrogens is 2. The molecule has 6 nitrogen and oxygen atoms in total. The second kappa shape index (κ2) is 6.46. The lowest BCUT2D eigenvalue weighted by atomic mass is 10.1. The Labute approximate surface area is 160 Å². The van der Waals surface area contributed by atoms with Crippen LogP contribution in [0.3, 0.4) is 0 Å². The van der Waals surface area contributed by atoms with Gasteiger partial charge in [-0.25, -0.2) is 21.9 Å². The summed E-state index contributed by atoms with van der Waals surface area (Å²) in [5.41, 5.74) is -0.878. The summed E-state index contributed by atoms with van der Waals surface area (Å²) >= 11 is 0. The molecule has 1 N–H and O–H groups in total. The van der Waals surface area contributed by atoms with Crippen LogP contribution in [0.1, 0.15) is 25.7 Å². The number of hydrogen-bond donors (Lipinski definition) is 1.